The fourth-order valence-electron chi connectivity index (χ4n) is 1.72. The molecular formula is C16H11BrF3NO3. The highest BCUT2D eigenvalue weighted by Crippen LogP contribution is 2.20. The molecule has 8 heteroatoms. The van der Waals surface area contributed by atoms with Crippen LogP contribution in [0.5, 0.6) is 0 Å². The normalized spacial score (nSPS) is 11.7. The third kappa shape index (κ3) is 4.14. The maximum atomic E-state index is 13.5. The van der Waals surface area contributed by atoms with Crippen molar-refractivity contribution < 1.29 is 27.5 Å². The summed E-state index contributed by atoms with van der Waals surface area (Å²) in [4.78, 5) is 23.8. The summed E-state index contributed by atoms with van der Waals surface area (Å²) in [5.41, 5.74) is -0.331. The van der Waals surface area contributed by atoms with Crippen molar-refractivity contribution in [3.05, 3.63) is 63.9 Å². The summed E-state index contributed by atoms with van der Waals surface area (Å²) < 4.78 is 45.2. The zero-order chi connectivity index (χ0) is 17.9. The number of anilines is 1. The van der Waals surface area contributed by atoms with Crippen LogP contribution in [-0.4, -0.2) is 18.0 Å². The first-order valence-corrected chi connectivity index (χ1v) is 7.50. The van der Waals surface area contributed by atoms with E-state index >= 15 is 0 Å². The van der Waals surface area contributed by atoms with Crippen molar-refractivity contribution >= 4 is 33.5 Å². The van der Waals surface area contributed by atoms with Gasteiger partial charge in [0, 0.05) is 4.47 Å². The minimum absolute atomic E-state index is 0.219. The maximum Gasteiger partial charge on any atom is 0.338 e. The SMILES string of the molecule is C[C@H](OC(=O)c1ccc(Br)cc1)C(=O)Nc1ccc(F)c(F)c1F. The average Bonchev–Trinajstić information content (AvgIpc) is 2.55. The molecule has 0 aliphatic rings. The van der Waals surface area contributed by atoms with Gasteiger partial charge in [-0.1, -0.05) is 15.9 Å². The van der Waals surface area contributed by atoms with Gasteiger partial charge in [-0.2, -0.15) is 0 Å². The monoisotopic (exact) mass is 401 g/mol. The number of hydrogen-bond acceptors (Lipinski definition) is 3. The molecule has 0 unspecified atom stereocenters. The molecule has 24 heavy (non-hydrogen) atoms. The van der Waals surface area contributed by atoms with Crippen LogP contribution in [0.3, 0.4) is 0 Å². The predicted molar refractivity (Wildman–Crippen MR) is 84.0 cm³/mol. The van der Waals surface area contributed by atoms with Crippen LogP contribution in [0.4, 0.5) is 18.9 Å². The van der Waals surface area contributed by atoms with Crippen molar-refractivity contribution in [2.75, 3.05) is 5.32 Å². The first-order chi connectivity index (χ1) is 11.3. The van der Waals surface area contributed by atoms with Crippen LogP contribution in [0.1, 0.15) is 17.3 Å². The zero-order valence-corrected chi connectivity index (χ0v) is 13.9. The Bertz CT molecular complexity index is 781. The van der Waals surface area contributed by atoms with Crippen molar-refractivity contribution in [1.29, 1.82) is 0 Å². The molecule has 0 bridgehead atoms. The van der Waals surface area contributed by atoms with E-state index in [1.54, 1.807) is 12.1 Å². The number of carbonyl (C=O) groups is 2. The van der Waals surface area contributed by atoms with E-state index in [1.807, 2.05) is 5.32 Å². The van der Waals surface area contributed by atoms with Crippen molar-refractivity contribution in [3.8, 4) is 0 Å². The Labute approximate surface area is 143 Å². The summed E-state index contributed by atoms with van der Waals surface area (Å²) in [5, 5.41) is 2.04. The molecule has 2 aromatic rings. The summed E-state index contributed by atoms with van der Waals surface area (Å²) in [6.07, 6.45) is -1.27. The van der Waals surface area contributed by atoms with Crippen LogP contribution in [0.15, 0.2) is 40.9 Å². The Morgan fingerprint density at radius 2 is 1.67 bits per heavy atom. The third-order valence-corrected chi connectivity index (χ3v) is 3.55. The molecule has 2 aromatic carbocycles. The Kier molecular flexibility index (Phi) is 5.61. The van der Waals surface area contributed by atoms with Crippen LogP contribution in [0.25, 0.3) is 0 Å². The lowest BCUT2D eigenvalue weighted by Gasteiger charge is -2.14. The average molecular weight is 402 g/mol. The van der Waals surface area contributed by atoms with Gasteiger partial charge in [-0.3, -0.25) is 4.79 Å². The van der Waals surface area contributed by atoms with Gasteiger partial charge in [0.15, 0.2) is 23.6 Å². The van der Waals surface area contributed by atoms with E-state index in [0.29, 0.717) is 6.07 Å². The van der Waals surface area contributed by atoms with Gasteiger partial charge in [-0.05, 0) is 43.3 Å². The maximum absolute atomic E-state index is 13.5. The molecule has 0 aromatic heterocycles. The molecule has 1 amide bonds. The molecule has 0 aliphatic heterocycles. The summed E-state index contributed by atoms with van der Waals surface area (Å²) >= 11 is 3.21. The number of halogens is 4. The molecule has 1 atom stereocenters. The first kappa shape index (κ1) is 18.0. The number of carbonyl (C=O) groups excluding carboxylic acids is 2. The lowest BCUT2D eigenvalue weighted by atomic mass is 10.2. The van der Waals surface area contributed by atoms with Crippen LogP contribution >= 0.6 is 15.9 Å². The van der Waals surface area contributed by atoms with E-state index in [1.165, 1.54) is 19.1 Å². The van der Waals surface area contributed by atoms with Gasteiger partial charge in [0.2, 0.25) is 0 Å². The minimum Gasteiger partial charge on any atom is -0.449 e. The predicted octanol–water partition coefficient (Wildman–Crippen LogP) is 4.05. The third-order valence-electron chi connectivity index (χ3n) is 3.03. The fraction of sp³-hybridized carbons (Fsp3) is 0.125. The number of ether oxygens (including phenoxy) is 1. The first-order valence-electron chi connectivity index (χ1n) is 6.70. The van der Waals surface area contributed by atoms with Gasteiger partial charge in [0.05, 0.1) is 11.3 Å². The smallest absolute Gasteiger partial charge is 0.338 e. The molecule has 0 radical (unpaired) electrons. The minimum atomic E-state index is -1.70. The van der Waals surface area contributed by atoms with E-state index in [0.717, 1.165) is 10.5 Å². The number of nitrogens with one attached hydrogen (secondary N) is 1. The van der Waals surface area contributed by atoms with Crippen LogP contribution in [-0.2, 0) is 9.53 Å². The lowest BCUT2D eigenvalue weighted by Crippen LogP contribution is -2.30. The Morgan fingerprint density at radius 1 is 1.04 bits per heavy atom. The summed E-state index contributed by atoms with van der Waals surface area (Å²) in [5.74, 6) is -6.25. The molecule has 126 valence electrons. The number of hydrogen-bond donors (Lipinski definition) is 1. The molecule has 4 nitrogen and oxygen atoms in total. The van der Waals surface area contributed by atoms with Gasteiger partial charge >= 0.3 is 5.97 Å². The van der Waals surface area contributed by atoms with Crippen LogP contribution < -0.4 is 5.32 Å². The van der Waals surface area contributed by atoms with Crippen LogP contribution in [0.2, 0.25) is 0 Å². The molecule has 0 spiro atoms. The van der Waals surface area contributed by atoms with Gasteiger partial charge in [0.25, 0.3) is 5.91 Å². The van der Waals surface area contributed by atoms with E-state index < -0.39 is 41.1 Å². The van der Waals surface area contributed by atoms with Crippen molar-refractivity contribution in [1.82, 2.24) is 0 Å². The summed E-state index contributed by atoms with van der Waals surface area (Å²) in [6.45, 7) is 1.27. The van der Waals surface area contributed by atoms with E-state index in [-0.39, 0.29) is 5.56 Å². The number of rotatable bonds is 4. The largest absolute Gasteiger partial charge is 0.449 e. The molecular weight excluding hydrogens is 391 g/mol. The summed E-state index contributed by atoms with van der Waals surface area (Å²) in [6, 6.07) is 7.77. The second kappa shape index (κ2) is 7.48. The van der Waals surface area contributed by atoms with Gasteiger partial charge in [-0.15, -0.1) is 0 Å². The van der Waals surface area contributed by atoms with E-state index in [9.17, 15) is 22.8 Å². The number of benzene rings is 2. The Balaban J connectivity index is 2.03. The standard InChI is InChI=1S/C16H11BrF3NO3/c1-8(24-16(23)9-2-4-10(17)5-3-9)15(22)21-12-7-6-11(18)13(19)14(12)20/h2-8H,1H3,(H,21,22)/t8-/m0/s1. The molecule has 0 saturated heterocycles. The molecule has 0 saturated carbocycles. The second-order valence-electron chi connectivity index (χ2n) is 4.77. The highest BCUT2D eigenvalue weighted by atomic mass is 79.9. The highest BCUT2D eigenvalue weighted by Gasteiger charge is 2.21. The Morgan fingerprint density at radius 3 is 2.29 bits per heavy atom. The van der Waals surface area contributed by atoms with Gasteiger partial charge in [-0.25, -0.2) is 18.0 Å². The zero-order valence-electron chi connectivity index (χ0n) is 12.3. The number of amides is 1. The molecule has 0 aliphatic carbocycles. The van der Waals surface area contributed by atoms with Crippen LogP contribution in [0, 0.1) is 17.5 Å². The summed E-state index contributed by atoms with van der Waals surface area (Å²) in [7, 11) is 0. The fourth-order valence-corrected chi connectivity index (χ4v) is 1.99. The van der Waals surface area contributed by atoms with E-state index in [4.69, 9.17) is 4.74 Å². The second-order valence-corrected chi connectivity index (χ2v) is 5.68. The van der Waals surface area contributed by atoms with Crippen molar-refractivity contribution in [2.45, 2.75) is 13.0 Å². The lowest BCUT2D eigenvalue weighted by molar-refractivity contribution is -0.123. The van der Waals surface area contributed by atoms with Crippen molar-refractivity contribution in [3.63, 3.8) is 0 Å². The van der Waals surface area contributed by atoms with Gasteiger partial charge in [0.1, 0.15) is 0 Å². The number of esters is 1. The molecule has 1 N–H and O–H groups in total. The quantitative estimate of drug-likeness (QED) is 0.620. The van der Waals surface area contributed by atoms with Crippen molar-refractivity contribution in [2.24, 2.45) is 0 Å². The van der Waals surface area contributed by atoms with E-state index in [2.05, 4.69) is 15.9 Å². The Hall–Kier alpha value is -2.35. The molecule has 0 fully saturated rings. The molecule has 0 heterocycles. The topological polar surface area (TPSA) is 55.4 Å². The van der Waals surface area contributed by atoms with Gasteiger partial charge < -0.3 is 10.1 Å². The molecule has 2 rings (SSSR count). The highest BCUT2D eigenvalue weighted by molar-refractivity contribution is 9.10.